The highest BCUT2D eigenvalue weighted by atomic mass is 35.5. The van der Waals surface area contributed by atoms with Gasteiger partial charge in [0.25, 0.3) is 5.91 Å². The zero-order chi connectivity index (χ0) is 59.9. The molecule has 22 nitrogen and oxygen atoms in total. The molecule has 0 bridgehead atoms. The number of fused-ring (bicyclic) bond motifs is 4. The number of benzene rings is 4. The summed E-state index contributed by atoms with van der Waals surface area (Å²) in [7, 11) is -4.95. The van der Waals surface area contributed by atoms with Gasteiger partial charge in [-0.15, -0.1) is 11.6 Å². The molecule has 3 atom stereocenters. The largest absolute Gasteiger partial charge is 0.524 e. The van der Waals surface area contributed by atoms with Crippen LogP contribution in [0.2, 0.25) is 0 Å². The minimum Gasteiger partial charge on any atom is -0.404 e. The lowest BCUT2D eigenvalue weighted by atomic mass is 9.89. The Hall–Kier alpha value is -6.75. The van der Waals surface area contributed by atoms with E-state index < -0.39 is 31.7 Å². The number of ketones is 2. The van der Waals surface area contributed by atoms with Crippen molar-refractivity contribution < 1.29 is 66.6 Å². The Bertz CT molecular complexity index is 3060. The number of hydrogen-bond donors (Lipinski definition) is 9. The fourth-order valence-corrected chi connectivity index (χ4v) is 10.6. The number of alkyl halides is 1. The number of primary amides is 1. The van der Waals surface area contributed by atoms with Crippen LogP contribution in [0.1, 0.15) is 109 Å². The first-order valence-electron chi connectivity index (χ1n) is 28.1. The van der Waals surface area contributed by atoms with Gasteiger partial charge >= 0.3 is 13.9 Å². The van der Waals surface area contributed by atoms with Crippen LogP contribution >= 0.6 is 19.4 Å². The predicted molar refractivity (Wildman–Crippen MR) is 316 cm³/mol. The number of phosphoric acid groups is 1. The standard InChI is InChI=1S/C59H78ClN8O14P/c1-38(2)44(17-19-54(71)64-24-26-80-28-30-81-29-27-79-25-20-55(72)63-22-7-3-6-21-61)57(73)67-48(11-8-23-65-59(62)75)52(70)32-39-12-15-41(16-13-39)51(69)33-40-14-18-47-42(31-40)34-49(66-47)58(74)68-37-43(36-60)56-46-10-5-4-9-45(46)53(35-50(56)68)82-83(76,77)78/h4-5,9-10,12-16,18,31,34-35,38,43-44,48,66H,3,6-8,11,17,19-30,32-33,36-37,61H2,1-2H3,(H,63,72)(H,64,71)(H,67,73)(H3,62,65,75)(H2,76,77,78)/t43-,44+,48+/m1/s1. The van der Waals surface area contributed by atoms with Crippen molar-refractivity contribution in [3.05, 3.63) is 107 Å². The highest BCUT2D eigenvalue weighted by molar-refractivity contribution is 7.46. The molecule has 24 heteroatoms. The quantitative estimate of drug-likeness (QED) is 0.00939. The van der Waals surface area contributed by atoms with Crippen LogP contribution in [0.5, 0.6) is 5.75 Å². The van der Waals surface area contributed by atoms with E-state index in [4.69, 9.17) is 41.8 Å². The van der Waals surface area contributed by atoms with Crippen LogP contribution in [-0.4, -0.2) is 140 Å². The molecule has 0 unspecified atom stereocenters. The van der Waals surface area contributed by atoms with Crippen LogP contribution in [0, 0.1) is 11.8 Å². The van der Waals surface area contributed by atoms with Crippen molar-refractivity contribution in [2.24, 2.45) is 23.3 Å². The molecule has 0 saturated heterocycles. The fraction of sp³-hybridized carbons (Fsp3) is 0.475. The van der Waals surface area contributed by atoms with Gasteiger partial charge in [-0.05, 0) is 84.8 Å². The number of rotatable bonds is 37. The highest BCUT2D eigenvalue weighted by Gasteiger charge is 2.37. The molecule has 1 aromatic heterocycles. The lowest BCUT2D eigenvalue weighted by molar-refractivity contribution is -0.131. The van der Waals surface area contributed by atoms with Crippen LogP contribution in [0.15, 0.2) is 78.9 Å². The summed E-state index contributed by atoms with van der Waals surface area (Å²) in [5.74, 6) is -2.45. The summed E-state index contributed by atoms with van der Waals surface area (Å²) in [5.41, 5.74) is 14.5. The number of carbonyl (C=O) groups excluding carboxylic acids is 7. The second kappa shape index (κ2) is 32.9. The number of carbonyl (C=O) groups is 7. The van der Waals surface area contributed by atoms with Gasteiger partial charge in [-0.1, -0.05) is 74.9 Å². The van der Waals surface area contributed by atoms with E-state index in [1.54, 1.807) is 66.7 Å². The van der Waals surface area contributed by atoms with E-state index in [1.807, 2.05) is 19.9 Å². The topological polar surface area (TPSA) is 333 Å². The molecule has 6 rings (SSSR count). The van der Waals surface area contributed by atoms with Gasteiger partial charge in [0.15, 0.2) is 11.6 Å². The number of nitrogens with zero attached hydrogens (tertiary/aromatic N) is 1. The summed E-state index contributed by atoms with van der Waals surface area (Å²) in [6.45, 7) is 7.59. The first-order valence-corrected chi connectivity index (χ1v) is 30.2. The molecular formula is C59H78ClN8O14P. The number of halogens is 1. The van der Waals surface area contributed by atoms with E-state index in [0.717, 1.165) is 24.8 Å². The third-order valence-electron chi connectivity index (χ3n) is 14.2. The van der Waals surface area contributed by atoms with E-state index in [0.29, 0.717) is 96.6 Å². The van der Waals surface area contributed by atoms with Gasteiger partial charge in [-0.2, -0.15) is 0 Å². The second-order valence-electron chi connectivity index (χ2n) is 20.8. The molecule has 0 saturated carbocycles. The number of unbranched alkanes of at least 4 members (excludes halogenated alkanes) is 2. The molecule has 0 radical (unpaired) electrons. The van der Waals surface area contributed by atoms with Crippen molar-refractivity contribution in [1.29, 1.82) is 0 Å². The maximum absolute atomic E-state index is 14.2. The van der Waals surface area contributed by atoms with Gasteiger partial charge in [0.2, 0.25) is 17.7 Å². The van der Waals surface area contributed by atoms with Crippen molar-refractivity contribution in [2.75, 3.05) is 83.1 Å². The minimum atomic E-state index is -4.95. The Morgan fingerprint density at radius 1 is 0.747 bits per heavy atom. The molecule has 2 heterocycles. The molecule has 83 heavy (non-hydrogen) atoms. The summed E-state index contributed by atoms with van der Waals surface area (Å²) in [5, 5.41) is 12.9. The van der Waals surface area contributed by atoms with Gasteiger partial charge in [0, 0.05) is 97.5 Å². The Morgan fingerprint density at radius 3 is 2.10 bits per heavy atom. The number of H-pyrrole nitrogens is 1. The monoisotopic (exact) mass is 1190 g/mol. The number of ether oxygens (including phenoxy) is 3. The summed E-state index contributed by atoms with van der Waals surface area (Å²) in [4.78, 5) is 116. The van der Waals surface area contributed by atoms with Gasteiger partial charge in [0.05, 0.1) is 51.4 Å². The number of nitrogens with two attached hydrogens (primary N) is 2. The van der Waals surface area contributed by atoms with Crippen molar-refractivity contribution in [3.8, 4) is 5.75 Å². The third-order valence-corrected chi connectivity index (χ3v) is 15.0. The third kappa shape index (κ3) is 20.5. The molecule has 6 amide bonds. The van der Waals surface area contributed by atoms with E-state index in [-0.39, 0.29) is 123 Å². The SMILES string of the molecule is CC(C)[C@H](CCC(=O)NCCOCCOCCOCCC(=O)NCCCCCN)C(=O)N[C@@H](CCCNC(N)=O)C(=O)Cc1ccc(C(=O)Cc2ccc3[nH]c(C(=O)N4C[C@@H](CCl)c5c4cc(OP(=O)(O)O)c4ccccc54)cc3c2)cc1. The lowest BCUT2D eigenvalue weighted by Gasteiger charge is -2.24. The van der Waals surface area contributed by atoms with Gasteiger partial charge < -0.3 is 61.4 Å². The molecule has 1 aliphatic heterocycles. The molecule has 1 aliphatic rings. The molecule has 450 valence electrons. The maximum atomic E-state index is 14.2. The molecule has 5 aromatic rings. The second-order valence-corrected chi connectivity index (χ2v) is 22.2. The van der Waals surface area contributed by atoms with Crippen molar-refractivity contribution in [1.82, 2.24) is 26.3 Å². The van der Waals surface area contributed by atoms with Crippen LogP contribution in [0.4, 0.5) is 10.5 Å². The van der Waals surface area contributed by atoms with E-state index in [9.17, 15) is 47.9 Å². The highest BCUT2D eigenvalue weighted by Crippen LogP contribution is 2.49. The average molecular weight is 1190 g/mol. The number of aromatic amines is 1. The smallest absolute Gasteiger partial charge is 0.404 e. The maximum Gasteiger partial charge on any atom is 0.524 e. The van der Waals surface area contributed by atoms with Gasteiger partial charge in [0.1, 0.15) is 11.4 Å². The van der Waals surface area contributed by atoms with Crippen LogP contribution < -0.4 is 42.2 Å². The number of nitrogens with one attached hydrogen (secondary N) is 5. The number of urea groups is 1. The summed E-state index contributed by atoms with van der Waals surface area (Å²) < 4.78 is 33.5. The molecule has 4 aromatic carbocycles. The van der Waals surface area contributed by atoms with Crippen molar-refractivity contribution in [3.63, 3.8) is 0 Å². The van der Waals surface area contributed by atoms with E-state index in [1.165, 1.54) is 11.0 Å². The summed E-state index contributed by atoms with van der Waals surface area (Å²) >= 11 is 6.43. The van der Waals surface area contributed by atoms with Crippen LogP contribution in [0.25, 0.3) is 21.7 Å². The number of amides is 6. The minimum absolute atomic E-state index is 0.0338. The summed E-state index contributed by atoms with van der Waals surface area (Å²) in [6.07, 6.45) is 3.94. The molecule has 0 fully saturated rings. The first-order chi connectivity index (χ1) is 39.8. The van der Waals surface area contributed by atoms with Crippen LogP contribution in [-0.2, 0) is 50.8 Å². The fourth-order valence-electron chi connectivity index (χ4n) is 9.89. The average Bonchev–Trinajstić information content (AvgIpc) is 2.22. The first kappa shape index (κ1) is 65.4. The van der Waals surface area contributed by atoms with E-state index >= 15 is 0 Å². The zero-order valence-electron chi connectivity index (χ0n) is 47.1. The van der Waals surface area contributed by atoms with Crippen LogP contribution in [0.3, 0.4) is 0 Å². The molecule has 11 N–H and O–H groups in total. The number of aromatic nitrogens is 1. The number of phosphoric ester groups is 1. The zero-order valence-corrected chi connectivity index (χ0v) is 48.7. The molecular weight excluding hydrogens is 1110 g/mol. The van der Waals surface area contributed by atoms with Gasteiger partial charge in [-0.25, -0.2) is 9.36 Å². The number of hydrogen-bond acceptors (Lipinski definition) is 13. The number of Topliss-reactive ketones (excluding diaryl/α,β-unsaturated/α-hetero) is 2. The molecule has 0 aliphatic carbocycles. The Morgan fingerprint density at radius 2 is 1.41 bits per heavy atom. The Balaban J connectivity index is 0.958. The van der Waals surface area contributed by atoms with Gasteiger partial charge in [-0.3, -0.25) is 38.6 Å². The summed E-state index contributed by atoms with van der Waals surface area (Å²) in [6, 6.07) is 20.6. The predicted octanol–water partition coefficient (Wildman–Crippen LogP) is 6.10. The Labute approximate surface area is 488 Å². The lowest BCUT2D eigenvalue weighted by Crippen LogP contribution is -2.46. The Kier molecular flexibility index (Phi) is 25.9. The molecule has 0 spiro atoms. The van der Waals surface area contributed by atoms with Crippen molar-refractivity contribution >= 4 is 88.0 Å². The normalized spacial score (nSPS) is 13.9. The van der Waals surface area contributed by atoms with E-state index in [2.05, 4.69) is 26.3 Å². The number of anilines is 1. The van der Waals surface area contributed by atoms with Crippen molar-refractivity contribution in [2.45, 2.75) is 90.0 Å².